The Balaban J connectivity index is 1.19. The quantitative estimate of drug-likeness (QED) is 0.137. The minimum Gasteiger partial charge on any atom is -0.377 e. The van der Waals surface area contributed by atoms with Crippen LogP contribution in [0.5, 0.6) is 0 Å². The van der Waals surface area contributed by atoms with E-state index in [1.54, 1.807) is 42.5 Å². The normalized spacial score (nSPS) is 10.7. The van der Waals surface area contributed by atoms with E-state index in [1.165, 1.54) is 18.2 Å². The lowest BCUT2D eigenvalue weighted by atomic mass is 10.2. The van der Waals surface area contributed by atoms with Gasteiger partial charge >= 0.3 is 0 Å². The van der Waals surface area contributed by atoms with Gasteiger partial charge in [-0.15, -0.1) is 0 Å². The molecule has 0 aliphatic carbocycles. The van der Waals surface area contributed by atoms with E-state index in [-0.39, 0.29) is 41.9 Å². The van der Waals surface area contributed by atoms with Gasteiger partial charge < -0.3 is 30.7 Å². The summed E-state index contributed by atoms with van der Waals surface area (Å²) in [5, 5.41) is 12.0. The van der Waals surface area contributed by atoms with Crippen molar-refractivity contribution in [1.82, 2.24) is 20.3 Å². The van der Waals surface area contributed by atoms with Gasteiger partial charge in [0.05, 0.1) is 26.4 Å². The zero-order valence-corrected chi connectivity index (χ0v) is 23.0. The van der Waals surface area contributed by atoms with Crippen LogP contribution in [0, 0.1) is 11.6 Å². The van der Waals surface area contributed by atoms with Crippen molar-refractivity contribution < 1.29 is 23.0 Å². The summed E-state index contributed by atoms with van der Waals surface area (Å²) in [6.45, 7) is 2.78. The Morgan fingerprint density at radius 2 is 1.31 bits per heavy atom. The van der Waals surface area contributed by atoms with E-state index in [0.29, 0.717) is 57.2 Å². The number of ether oxygens (including phenoxy) is 2. The molecule has 4 aromatic rings. The molecule has 1 aromatic heterocycles. The van der Waals surface area contributed by atoms with E-state index in [4.69, 9.17) is 9.47 Å². The first-order valence-corrected chi connectivity index (χ1v) is 13.5. The molecule has 0 atom stereocenters. The molecule has 0 radical (unpaired) electrons. The first-order valence-electron chi connectivity index (χ1n) is 13.5. The van der Waals surface area contributed by atoms with Gasteiger partial charge in [0.1, 0.15) is 11.6 Å². The van der Waals surface area contributed by atoms with Crippen molar-refractivity contribution in [2.24, 2.45) is 0 Å². The minimum absolute atomic E-state index is 0.141. The van der Waals surface area contributed by atoms with Crippen LogP contribution in [0.2, 0.25) is 0 Å². The predicted molar refractivity (Wildman–Crippen MR) is 156 cm³/mol. The van der Waals surface area contributed by atoms with Crippen LogP contribution in [-0.2, 0) is 22.6 Å². The number of aromatic nitrogens is 3. The summed E-state index contributed by atoms with van der Waals surface area (Å²) in [6, 6.07) is 21.6. The number of hydrogen-bond acceptors (Lipinski definition) is 9. The van der Waals surface area contributed by atoms with Crippen LogP contribution in [0.4, 0.5) is 26.6 Å². The van der Waals surface area contributed by atoms with Gasteiger partial charge in [0.2, 0.25) is 17.8 Å². The second-order valence-electron chi connectivity index (χ2n) is 9.01. The third-order valence-electron chi connectivity index (χ3n) is 5.84. The summed E-state index contributed by atoms with van der Waals surface area (Å²) in [5.41, 5.74) is 1.80. The lowest BCUT2D eigenvalue weighted by Crippen LogP contribution is -2.27. The highest BCUT2D eigenvalue weighted by Crippen LogP contribution is 2.14. The van der Waals surface area contributed by atoms with Gasteiger partial charge in [-0.3, -0.25) is 4.79 Å². The van der Waals surface area contributed by atoms with Gasteiger partial charge in [-0.2, -0.15) is 15.0 Å². The summed E-state index contributed by atoms with van der Waals surface area (Å²) in [5.74, 6) is -0.0122. The number of nitrogens with one attached hydrogen (secondary N) is 4. The van der Waals surface area contributed by atoms with E-state index >= 15 is 0 Å². The van der Waals surface area contributed by atoms with E-state index < -0.39 is 0 Å². The lowest BCUT2D eigenvalue weighted by molar-refractivity contribution is 0.0519. The number of benzene rings is 3. The number of carbonyl (C=O) groups is 1. The maximum Gasteiger partial charge on any atom is 0.251 e. The summed E-state index contributed by atoms with van der Waals surface area (Å²) >= 11 is 0. The van der Waals surface area contributed by atoms with Gasteiger partial charge in [-0.25, -0.2) is 8.78 Å². The van der Waals surface area contributed by atoms with E-state index in [1.807, 2.05) is 18.2 Å². The molecule has 0 saturated carbocycles. The number of hydrogen-bond donors (Lipinski definition) is 4. The maximum absolute atomic E-state index is 14.1. The Morgan fingerprint density at radius 1 is 0.667 bits per heavy atom. The number of carbonyl (C=O) groups excluding carboxylic acids is 1. The molecule has 10 nitrogen and oxygen atoms in total. The Labute approximate surface area is 242 Å². The molecule has 42 heavy (non-hydrogen) atoms. The lowest BCUT2D eigenvalue weighted by Gasteiger charge is -2.12. The molecule has 0 aliphatic heterocycles. The third kappa shape index (κ3) is 10.4. The van der Waals surface area contributed by atoms with E-state index in [9.17, 15) is 13.6 Å². The third-order valence-corrected chi connectivity index (χ3v) is 5.84. The Kier molecular flexibility index (Phi) is 11.9. The minimum atomic E-state index is -0.334. The Hall–Kier alpha value is -4.68. The van der Waals surface area contributed by atoms with Gasteiger partial charge in [0.25, 0.3) is 5.91 Å². The van der Waals surface area contributed by atoms with Crippen molar-refractivity contribution in [2.75, 3.05) is 55.5 Å². The fourth-order valence-corrected chi connectivity index (χ4v) is 3.74. The highest BCUT2D eigenvalue weighted by Gasteiger charge is 2.09. The average Bonchev–Trinajstić information content (AvgIpc) is 3.01. The van der Waals surface area contributed by atoms with Gasteiger partial charge in [-0.05, 0) is 35.9 Å². The second kappa shape index (κ2) is 16.6. The summed E-state index contributed by atoms with van der Waals surface area (Å²) in [6.07, 6.45) is 0. The van der Waals surface area contributed by atoms with E-state index in [0.717, 1.165) is 5.56 Å². The Morgan fingerprint density at radius 3 is 2.02 bits per heavy atom. The van der Waals surface area contributed by atoms with E-state index in [2.05, 4.69) is 36.2 Å². The van der Waals surface area contributed by atoms with Crippen LogP contribution in [0.15, 0.2) is 78.9 Å². The van der Waals surface area contributed by atoms with Gasteiger partial charge in [-0.1, -0.05) is 48.5 Å². The number of anilines is 3. The molecule has 4 rings (SSSR count). The number of nitrogens with zero attached hydrogens (tertiary/aromatic N) is 3. The topological polar surface area (TPSA) is 122 Å². The molecule has 0 saturated heterocycles. The van der Waals surface area contributed by atoms with Crippen molar-refractivity contribution in [2.45, 2.75) is 13.1 Å². The first-order chi connectivity index (χ1) is 20.6. The molecular weight excluding hydrogens is 544 g/mol. The summed E-state index contributed by atoms with van der Waals surface area (Å²) in [7, 11) is 0. The molecule has 1 heterocycles. The zero-order chi connectivity index (χ0) is 29.4. The van der Waals surface area contributed by atoms with Crippen molar-refractivity contribution >= 4 is 23.8 Å². The fraction of sp³-hybridized carbons (Fsp3) is 0.267. The maximum atomic E-state index is 14.1. The SMILES string of the molecule is O=C(NCCOCCOCCNc1nc(NCc2cccc(F)c2)nc(NCc2ccccc2F)n1)c1ccccc1. The zero-order valence-electron chi connectivity index (χ0n) is 23.0. The molecule has 12 heteroatoms. The van der Waals surface area contributed by atoms with Crippen LogP contribution in [0.3, 0.4) is 0 Å². The van der Waals surface area contributed by atoms with Gasteiger partial charge in [0, 0.05) is 37.3 Å². The molecule has 0 bridgehead atoms. The van der Waals surface area contributed by atoms with Crippen molar-refractivity contribution in [3.63, 3.8) is 0 Å². The van der Waals surface area contributed by atoms with Crippen LogP contribution in [0.25, 0.3) is 0 Å². The first kappa shape index (κ1) is 30.3. The predicted octanol–water partition coefficient (Wildman–Crippen LogP) is 4.25. The van der Waals surface area contributed by atoms with Crippen molar-refractivity contribution in [3.05, 3.63) is 107 Å². The highest BCUT2D eigenvalue weighted by molar-refractivity contribution is 5.94. The molecule has 4 N–H and O–H groups in total. The standard InChI is InChI=1S/C30H33F2N7O3/c31-25-11-6-7-22(19-25)20-35-29-37-28(38-30(39-29)36-21-24-10-4-5-12-26(24)32)34-14-16-42-18-17-41-15-13-33-27(40)23-8-2-1-3-9-23/h1-12,19H,13-18,20-21H2,(H,33,40)(H3,34,35,36,37,38,39). The molecule has 3 aromatic carbocycles. The molecule has 220 valence electrons. The molecule has 0 unspecified atom stereocenters. The number of rotatable bonds is 17. The average molecular weight is 578 g/mol. The summed E-state index contributed by atoms with van der Waals surface area (Å²) < 4.78 is 38.7. The number of halogens is 2. The number of amides is 1. The molecule has 0 spiro atoms. The molecular formula is C30H33F2N7O3. The molecule has 0 fully saturated rings. The fourth-order valence-electron chi connectivity index (χ4n) is 3.74. The van der Waals surface area contributed by atoms with Crippen LogP contribution in [-0.4, -0.2) is 60.4 Å². The van der Waals surface area contributed by atoms with Crippen molar-refractivity contribution in [1.29, 1.82) is 0 Å². The van der Waals surface area contributed by atoms with Crippen LogP contribution < -0.4 is 21.3 Å². The van der Waals surface area contributed by atoms with Gasteiger partial charge in [0.15, 0.2) is 0 Å². The monoisotopic (exact) mass is 577 g/mol. The Bertz CT molecular complexity index is 1410. The molecule has 0 aliphatic rings. The highest BCUT2D eigenvalue weighted by atomic mass is 19.1. The smallest absolute Gasteiger partial charge is 0.251 e. The molecule has 1 amide bonds. The van der Waals surface area contributed by atoms with Crippen molar-refractivity contribution in [3.8, 4) is 0 Å². The second-order valence-corrected chi connectivity index (χ2v) is 9.01. The largest absolute Gasteiger partial charge is 0.377 e. The van der Waals surface area contributed by atoms with Crippen LogP contribution in [0.1, 0.15) is 21.5 Å². The van der Waals surface area contributed by atoms with Crippen LogP contribution >= 0.6 is 0 Å². The summed E-state index contributed by atoms with van der Waals surface area (Å²) in [4.78, 5) is 25.1.